The summed E-state index contributed by atoms with van der Waals surface area (Å²) in [6, 6.07) is 15.7. The van der Waals surface area contributed by atoms with Gasteiger partial charge in [0, 0.05) is 10.4 Å². The summed E-state index contributed by atoms with van der Waals surface area (Å²) in [4.78, 5) is 0.596. The number of benzene rings is 2. The molecule has 3 rings (SSSR count). The molecule has 1 heterocycles. The highest BCUT2D eigenvalue weighted by atomic mass is 32.1. The van der Waals surface area contributed by atoms with Crippen molar-refractivity contribution in [2.45, 2.75) is 0 Å². The van der Waals surface area contributed by atoms with Gasteiger partial charge in [-0.25, -0.2) is 4.39 Å². The summed E-state index contributed by atoms with van der Waals surface area (Å²) >= 11 is 0.944. The number of hydrogen-bond donors (Lipinski definition) is 0. The number of thiophene rings is 1. The largest absolute Gasteiger partial charge is 0.206 e. The fourth-order valence-corrected chi connectivity index (χ4v) is 2.92. The molecule has 0 radical (unpaired) electrons. The Bertz CT molecular complexity index is 785. The van der Waals surface area contributed by atoms with Crippen molar-refractivity contribution in [1.29, 1.82) is 0 Å². The van der Waals surface area contributed by atoms with Gasteiger partial charge in [-0.1, -0.05) is 43.0 Å². The molecule has 0 saturated carbocycles. The van der Waals surface area contributed by atoms with Crippen LogP contribution in [-0.4, -0.2) is 0 Å². The molecule has 0 aliphatic carbocycles. The SMILES string of the molecule is C=Cc1ccc(-c2ccc(-c3ccc(F)s3)c(F)c2)cc1. The van der Waals surface area contributed by atoms with Gasteiger partial charge in [0.2, 0.25) is 0 Å². The minimum Gasteiger partial charge on any atom is -0.206 e. The summed E-state index contributed by atoms with van der Waals surface area (Å²) in [5.41, 5.74) is 3.17. The van der Waals surface area contributed by atoms with Crippen LogP contribution in [0.5, 0.6) is 0 Å². The van der Waals surface area contributed by atoms with E-state index in [1.807, 2.05) is 30.3 Å². The molecule has 0 unspecified atom stereocenters. The van der Waals surface area contributed by atoms with Crippen LogP contribution >= 0.6 is 11.3 Å². The molecule has 0 saturated heterocycles. The molecule has 0 fully saturated rings. The smallest absolute Gasteiger partial charge is 0.176 e. The van der Waals surface area contributed by atoms with Crippen LogP contribution in [0.25, 0.3) is 27.6 Å². The van der Waals surface area contributed by atoms with E-state index in [0.717, 1.165) is 28.0 Å². The van der Waals surface area contributed by atoms with Crippen molar-refractivity contribution in [3.05, 3.63) is 77.7 Å². The van der Waals surface area contributed by atoms with Crippen molar-refractivity contribution in [3.63, 3.8) is 0 Å². The highest BCUT2D eigenvalue weighted by molar-refractivity contribution is 7.13. The monoisotopic (exact) mass is 298 g/mol. The van der Waals surface area contributed by atoms with Crippen LogP contribution in [-0.2, 0) is 0 Å². The zero-order chi connectivity index (χ0) is 14.8. The van der Waals surface area contributed by atoms with Crippen molar-refractivity contribution in [2.75, 3.05) is 0 Å². The summed E-state index contributed by atoms with van der Waals surface area (Å²) in [5, 5.41) is -0.312. The second-order valence-corrected chi connectivity index (χ2v) is 5.66. The normalized spacial score (nSPS) is 10.6. The van der Waals surface area contributed by atoms with Gasteiger partial charge in [-0.2, -0.15) is 4.39 Å². The Morgan fingerprint density at radius 3 is 2.14 bits per heavy atom. The maximum absolute atomic E-state index is 14.2. The van der Waals surface area contributed by atoms with Crippen molar-refractivity contribution < 1.29 is 8.78 Å². The molecule has 21 heavy (non-hydrogen) atoms. The molecule has 0 atom stereocenters. The minimum absolute atomic E-state index is 0.312. The van der Waals surface area contributed by atoms with Gasteiger partial charge in [-0.3, -0.25) is 0 Å². The van der Waals surface area contributed by atoms with Crippen molar-refractivity contribution in [1.82, 2.24) is 0 Å². The van der Waals surface area contributed by atoms with E-state index in [2.05, 4.69) is 6.58 Å². The van der Waals surface area contributed by atoms with Crippen LogP contribution in [0.1, 0.15) is 5.56 Å². The molecule has 0 aliphatic heterocycles. The first-order valence-electron chi connectivity index (χ1n) is 6.45. The van der Waals surface area contributed by atoms with Crippen LogP contribution in [0.15, 0.2) is 61.2 Å². The number of halogens is 2. The number of rotatable bonds is 3. The molecule has 0 nitrogen and oxygen atoms in total. The standard InChI is InChI=1S/C18H12F2S/c1-2-12-3-5-13(6-4-12)14-7-8-15(16(19)11-14)17-9-10-18(20)21-17/h2-11H,1H2. The zero-order valence-corrected chi connectivity index (χ0v) is 12.0. The molecule has 104 valence electrons. The van der Waals surface area contributed by atoms with Gasteiger partial charge in [-0.15, -0.1) is 11.3 Å². The van der Waals surface area contributed by atoms with Crippen LogP contribution in [0, 0.1) is 10.9 Å². The van der Waals surface area contributed by atoms with Gasteiger partial charge in [0.25, 0.3) is 0 Å². The van der Waals surface area contributed by atoms with E-state index in [-0.39, 0.29) is 10.9 Å². The van der Waals surface area contributed by atoms with Crippen LogP contribution in [0.4, 0.5) is 8.78 Å². The second kappa shape index (κ2) is 5.62. The van der Waals surface area contributed by atoms with Gasteiger partial charge < -0.3 is 0 Å². The van der Waals surface area contributed by atoms with E-state index >= 15 is 0 Å². The third-order valence-electron chi connectivity index (χ3n) is 3.29. The van der Waals surface area contributed by atoms with Crippen molar-refractivity contribution >= 4 is 17.4 Å². The predicted molar refractivity (Wildman–Crippen MR) is 85.2 cm³/mol. The Kier molecular flexibility index (Phi) is 3.67. The van der Waals surface area contributed by atoms with E-state index in [1.54, 1.807) is 18.2 Å². The highest BCUT2D eigenvalue weighted by Gasteiger charge is 2.09. The van der Waals surface area contributed by atoms with E-state index in [9.17, 15) is 8.78 Å². The van der Waals surface area contributed by atoms with E-state index in [0.29, 0.717) is 10.4 Å². The van der Waals surface area contributed by atoms with E-state index in [1.165, 1.54) is 12.1 Å². The molecule has 0 spiro atoms. The first kappa shape index (κ1) is 13.7. The summed E-state index contributed by atoms with van der Waals surface area (Å²) in [6.07, 6.45) is 1.76. The summed E-state index contributed by atoms with van der Waals surface area (Å²) < 4.78 is 27.3. The molecule has 3 heteroatoms. The third kappa shape index (κ3) is 2.78. The number of hydrogen-bond acceptors (Lipinski definition) is 1. The fourth-order valence-electron chi connectivity index (χ4n) is 2.17. The molecular weight excluding hydrogens is 286 g/mol. The molecule has 0 N–H and O–H groups in total. The quantitative estimate of drug-likeness (QED) is 0.556. The Hall–Kier alpha value is -2.26. The topological polar surface area (TPSA) is 0 Å². The maximum Gasteiger partial charge on any atom is 0.176 e. The van der Waals surface area contributed by atoms with Crippen LogP contribution in [0.3, 0.4) is 0 Å². The van der Waals surface area contributed by atoms with E-state index in [4.69, 9.17) is 0 Å². The molecule has 0 bridgehead atoms. The first-order chi connectivity index (χ1) is 10.2. The lowest BCUT2D eigenvalue weighted by Gasteiger charge is -2.06. The van der Waals surface area contributed by atoms with Gasteiger partial charge in [0.1, 0.15) is 5.82 Å². The fraction of sp³-hybridized carbons (Fsp3) is 0. The molecule has 1 aromatic heterocycles. The molecule has 2 aromatic carbocycles. The van der Waals surface area contributed by atoms with E-state index < -0.39 is 0 Å². The average molecular weight is 298 g/mol. The average Bonchev–Trinajstić information content (AvgIpc) is 2.93. The van der Waals surface area contributed by atoms with Crippen LogP contribution in [0.2, 0.25) is 0 Å². The Balaban J connectivity index is 1.98. The predicted octanol–water partition coefficient (Wildman–Crippen LogP) is 6.00. The Morgan fingerprint density at radius 1 is 0.857 bits per heavy atom. The minimum atomic E-state index is -0.345. The van der Waals surface area contributed by atoms with Gasteiger partial charge in [0.05, 0.1) is 0 Å². The lowest BCUT2D eigenvalue weighted by atomic mass is 10.0. The van der Waals surface area contributed by atoms with Gasteiger partial charge >= 0.3 is 0 Å². The van der Waals surface area contributed by atoms with Gasteiger partial charge in [-0.05, 0) is 41.0 Å². The molecule has 0 amide bonds. The highest BCUT2D eigenvalue weighted by Crippen LogP contribution is 2.32. The Morgan fingerprint density at radius 2 is 1.57 bits per heavy atom. The Labute approximate surface area is 126 Å². The summed E-state index contributed by atoms with van der Waals surface area (Å²) in [7, 11) is 0. The first-order valence-corrected chi connectivity index (χ1v) is 7.27. The second-order valence-electron chi connectivity index (χ2n) is 4.62. The van der Waals surface area contributed by atoms with Gasteiger partial charge in [0.15, 0.2) is 5.13 Å². The molecule has 3 aromatic rings. The lowest BCUT2D eigenvalue weighted by molar-refractivity contribution is 0.632. The van der Waals surface area contributed by atoms with Crippen LogP contribution < -0.4 is 0 Å². The van der Waals surface area contributed by atoms with Crippen molar-refractivity contribution in [3.8, 4) is 21.6 Å². The maximum atomic E-state index is 14.2. The third-order valence-corrected chi connectivity index (χ3v) is 4.19. The van der Waals surface area contributed by atoms with Crippen molar-refractivity contribution in [2.24, 2.45) is 0 Å². The molecular formula is C18H12F2S. The zero-order valence-electron chi connectivity index (χ0n) is 11.1. The lowest BCUT2D eigenvalue weighted by Crippen LogP contribution is -1.85. The summed E-state index contributed by atoms with van der Waals surface area (Å²) in [6.45, 7) is 3.71. The molecule has 0 aliphatic rings. The summed E-state index contributed by atoms with van der Waals surface area (Å²) in [5.74, 6) is -0.345.